The van der Waals surface area contributed by atoms with Gasteiger partial charge in [0.15, 0.2) is 5.96 Å². The molecular formula is C20H31N5. The number of aromatic nitrogens is 1. The van der Waals surface area contributed by atoms with Gasteiger partial charge in [0, 0.05) is 38.9 Å². The molecular weight excluding hydrogens is 310 g/mol. The third-order valence-corrected chi connectivity index (χ3v) is 6.14. The van der Waals surface area contributed by atoms with Crippen LogP contribution in [0.3, 0.4) is 0 Å². The van der Waals surface area contributed by atoms with Crippen LogP contribution >= 0.6 is 0 Å². The highest BCUT2D eigenvalue weighted by Gasteiger charge is 2.43. The number of hydrogen-bond donors (Lipinski definition) is 1. The molecule has 1 aromatic heterocycles. The Kier molecular flexibility index (Phi) is 4.82. The minimum atomic E-state index is 0.606. The fourth-order valence-corrected chi connectivity index (χ4v) is 4.44. The molecule has 3 fully saturated rings. The topological polar surface area (TPSA) is 43.8 Å². The van der Waals surface area contributed by atoms with Gasteiger partial charge in [0.05, 0.1) is 6.54 Å². The molecule has 136 valence electrons. The van der Waals surface area contributed by atoms with Gasteiger partial charge in [-0.1, -0.05) is 12.5 Å². The number of hydrogen-bond acceptors (Lipinski definition) is 3. The van der Waals surface area contributed by atoms with E-state index in [1.54, 1.807) is 0 Å². The summed E-state index contributed by atoms with van der Waals surface area (Å²) in [7, 11) is 0. The Balaban J connectivity index is 1.39. The number of rotatable bonds is 4. The van der Waals surface area contributed by atoms with Crippen LogP contribution in [-0.4, -0.2) is 48.6 Å². The van der Waals surface area contributed by atoms with Crippen molar-refractivity contribution in [3.63, 3.8) is 0 Å². The van der Waals surface area contributed by atoms with Crippen molar-refractivity contribution in [2.45, 2.75) is 52.0 Å². The lowest BCUT2D eigenvalue weighted by Crippen LogP contribution is -2.42. The summed E-state index contributed by atoms with van der Waals surface area (Å²) in [5.41, 5.74) is 1.80. The molecule has 2 aliphatic heterocycles. The zero-order valence-corrected chi connectivity index (χ0v) is 15.5. The molecule has 1 aromatic rings. The van der Waals surface area contributed by atoms with Crippen molar-refractivity contribution in [2.24, 2.45) is 10.4 Å². The van der Waals surface area contributed by atoms with E-state index in [2.05, 4.69) is 39.2 Å². The van der Waals surface area contributed by atoms with E-state index in [-0.39, 0.29) is 0 Å². The number of nitrogens with zero attached hydrogens (tertiary/aromatic N) is 4. The summed E-state index contributed by atoms with van der Waals surface area (Å²) >= 11 is 0. The molecule has 2 saturated heterocycles. The lowest BCUT2D eigenvalue weighted by Gasteiger charge is -2.38. The van der Waals surface area contributed by atoms with Crippen LogP contribution in [0.4, 0.5) is 5.82 Å². The van der Waals surface area contributed by atoms with Crippen molar-refractivity contribution in [1.29, 1.82) is 0 Å². The summed E-state index contributed by atoms with van der Waals surface area (Å²) < 4.78 is 0. The molecule has 0 atom stereocenters. The molecule has 3 heterocycles. The van der Waals surface area contributed by atoms with Gasteiger partial charge in [0.2, 0.25) is 0 Å². The van der Waals surface area contributed by atoms with Crippen molar-refractivity contribution >= 4 is 11.8 Å². The van der Waals surface area contributed by atoms with Gasteiger partial charge in [0.25, 0.3) is 0 Å². The highest BCUT2D eigenvalue weighted by Crippen LogP contribution is 2.47. The van der Waals surface area contributed by atoms with Gasteiger partial charge < -0.3 is 15.1 Å². The highest BCUT2D eigenvalue weighted by molar-refractivity contribution is 5.80. The van der Waals surface area contributed by atoms with Gasteiger partial charge in [-0.2, -0.15) is 0 Å². The van der Waals surface area contributed by atoms with Gasteiger partial charge in [-0.05, 0) is 56.1 Å². The summed E-state index contributed by atoms with van der Waals surface area (Å²) in [5.74, 6) is 2.19. The Bertz CT molecular complexity index is 599. The fourth-order valence-electron chi connectivity index (χ4n) is 4.44. The van der Waals surface area contributed by atoms with E-state index < -0.39 is 0 Å². The van der Waals surface area contributed by atoms with Crippen LogP contribution in [0.1, 0.15) is 51.0 Å². The van der Waals surface area contributed by atoms with E-state index in [1.807, 2.05) is 6.20 Å². The Morgan fingerprint density at radius 3 is 2.60 bits per heavy atom. The van der Waals surface area contributed by atoms with Gasteiger partial charge in [-0.25, -0.2) is 9.98 Å². The summed E-state index contributed by atoms with van der Waals surface area (Å²) in [6.45, 7) is 8.41. The van der Waals surface area contributed by atoms with Crippen LogP contribution in [0, 0.1) is 5.41 Å². The summed E-state index contributed by atoms with van der Waals surface area (Å²) in [4.78, 5) is 14.4. The lowest BCUT2D eigenvalue weighted by molar-refractivity contribution is 0.151. The second-order valence-corrected chi connectivity index (χ2v) is 7.91. The molecule has 5 nitrogen and oxygen atoms in total. The molecule has 0 aromatic carbocycles. The van der Waals surface area contributed by atoms with Crippen LogP contribution in [0.25, 0.3) is 0 Å². The normalized spacial score (nSPS) is 22.5. The number of pyridine rings is 1. The first-order valence-electron chi connectivity index (χ1n) is 10.0. The van der Waals surface area contributed by atoms with Gasteiger partial charge in [0.1, 0.15) is 5.82 Å². The molecule has 25 heavy (non-hydrogen) atoms. The molecule has 0 radical (unpaired) electrons. The van der Waals surface area contributed by atoms with E-state index in [4.69, 9.17) is 4.99 Å². The molecule has 1 saturated carbocycles. The molecule has 4 rings (SSSR count). The first-order valence-corrected chi connectivity index (χ1v) is 10.0. The molecule has 1 N–H and O–H groups in total. The number of guanidine groups is 1. The van der Waals surface area contributed by atoms with Crippen LogP contribution < -0.4 is 10.2 Å². The third kappa shape index (κ3) is 3.60. The van der Waals surface area contributed by atoms with Crippen molar-refractivity contribution in [3.05, 3.63) is 23.9 Å². The average Bonchev–Trinajstić information content (AvgIpc) is 3.28. The van der Waals surface area contributed by atoms with E-state index in [9.17, 15) is 0 Å². The molecule has 0 unspecified atom stereocenters. The standard InChI is InChI=1S/C20H31N5/c1-2-21-19(25-13-10-20(16-25)8-5-9-20)23-15-17-6-7-18(22-14-17)24-11-3-4-12-24/h6-7,14H,2-5,8-13,15-16H2,1H3,(H,21,23). The monoisotopic (exact) mass is 341 g/mol. The zero-order chi connectivity index (χ0) is 17.1. The van der Waals surface area contributed by atoms with Crippen molar-refractivity contribution < 1.29 is 0 Å². The molecule has 0 amide bonds. The number of nitrogens with one attached hydrogen (secondary N) is 1. The second-order valence-electron chi connectivity index (χ2n) is 7.91. The van der Waals surface area contributed by atoms with Gasteiger partial charge in [-0.3, -0.25) is 0 Å². The quantitative estimate of drug-likeness (QED) is 0.675. The third-order valence-electron chi connectivity index (χ3n) is 6.14. The average molecular weight is 342 g/mol. The number of likely N-dealkylation sites (tertiary alicyclic amines) is 1. The largest absolute Gasteiger partial charge is 0.357 e. The van der Waals surface area contributed by atoms with Gasteiger partial charge >= 0.3 is 0 Å². The fraction of sp³-hybridized carbons (Fsp3) is 0.700. The summed E-state index contributed by atoms with van der Waals surface area (Å²) in [6, 6.07) is 4.34. The summed E-state index contributed by atoms with van der Waals surface area (Å²) in [5, 5.41) is 3.48. The molecule has 1 spiro atoms. The minimum Gasteiger partial charge on any atom is -0.357 e. The Morgan fingerprint density at radius 2 is 2.00 bits per heavy atom. The van der Waals surface area contributed by atoms with Crippen molar-refractivity contribution in [3.8, 4) is 0 Å². The van der Waals surface area contributed by atoms with E-state index in [0.717, 1.165) is 38.0 Å². The Morgan fingerprint density at radius 1 is 1.16 bits per heavy atom. The van der Waals surface area contributed by atoms with Crippen LogP contribution in [-0.2, 0) is 6.54 Å². The van der Waals surface area contributed by atoms with E-state index in [0.29, 0.717) is 12.0 Å². The smallest absolute Gasteiger partial charge is 0.194 e. The predicted molar refractivity (Wildman–Crippen MR) is 103 cm³/mol. The lowest BCUT2D eigenvalue weighted by atomic mass is 9.68. The predicted octanol–water partition coefficient (Wildman–Crippen LogP) is 3.02. The second kappa shape index (κ2) is 7.22. The molecule has 5 heteroatoms. The molecule has 0 bridgehead atoms. The van der Waals surface area contributed by atoms with Crippen molar-refractivity contribution in [2.75, 3.05) is 37.6 Å². The maximum Gasteiger partial charge on any atom is 0.194 e. The first-order chi connectivity index (χ1) is 12.3. The first kappa shape index (κ1) is 16.7. The molecule has 1 aliphatic carbocycles. The molecule has 3 aliphatic rings. The van der Waals surface area contributed by atoms with Gasteiger partial charge in [-0.15, -0.1) is 0 Å². The maximum absolute atomic E-state index is 4.89. The number of anilines is 1. The SMILES string of the molecule is CCNC(=NCc1ccc(N2CCCC2)nc1)N1CCC2(CCC2)C1. The zero-order valence-electron chi connectivity index (χ0n) is 15.5. The van der Waals surface area contributed by atoms with Crippen LogP contribution in [0.15, 0.2) is 23.3 Å². The van der Waals surface area contributed by atoms with E-state index in [1.165, 1.54) is 50.6 Å². The summed E-state index contributed by atoms with van der Waals surface area (Å²) in [6.07, 6.45) is 10.1. The maximum atomic E-state index is 4.89. The van der Waals surface area contributed by atoms with Crippen LogP contribution in [0.2, 0.25) is 0 Å². The highest BCUT2D eigenvalue weighted by atomic mass is 15.3. The van der Waals surface area contributed by atoms with Crippen LogP contribution in [0.5, 0.6) is 0 Å². The van der Waals surface area contributed by atoms with E-state index >= 15 is 0 Å². The van der Waals surface area contributed by atoms with Crippen molar-refractivity contribution in [1.82, 2.24) is 15.2 Å². The number of aliphatic imine (C=N–C) groups is 1. The Hall–Kier alpha value is -1.78. The minimum absolute atomic E-state index is 0.606. The Labute approximate surface area is 151 Å².